The van der Waals surface area contributed by atoms with Crippen molar-refractivity contribution >= 4 is 65.7 Å². The molecule has 0 atom stereocenters. The highest BCUT2D eigenvalue weighted by Crippen LogP contribution is 2.64. The Hall–Kier alpha value is -7.98. The number of fused-ring (bicyclic) bond motifs is 13. The molecule has 0 bridgehead atoms. The Balaban J connectivity index is 1.14. The van der Waals surface area contributed by atoms with E-state index in [4.69, 9.17) is 0 Å². The summed E-state index contributed by atoms with van der Waals surface area (Å²) in [7, 11) is 0. The molecule has 0 fully saturated rings. The van der Waals surface area contributed by atoms with E-state index in [2.05, 4.69) is 9.13 Å². The molecule has 10 heteroatoms. The standard InChI is InChI=1S/C55H32F6N4/c56-54(57,58)53(55(59,60)61)43-29-27-35(64-47-25-13-9-21-39(47)49-37-19-7-11-23-45(37)62(51(49)64)33-15-3-1-4-16-33)31-41(43)42-32-36(28-30-44(42)53)65-48-26-14-10-22-40(48)50-38-20-8-12-24-46(38)63(52(50)65)34-17-5-2-6-18-34/h1-32H. The highest BCUT2D eigenvalue weighted by atomic mass is 19.4. The number of aromatic nitrogens is 4. The summed E-state index contributed by atoms with van der Waals surface area (Å²) in [6.07, 6.45) is -11.5. The zero-order valence-corrected chi connectivity index (χ0v) is 34.0. The number of hydrogen-bond acceptors (Lipinski definition) is 0. The zero-order valence-electron chi connectivity index (χ0n) is 34.0. The summed E-state index contributed by atoms with van der Waals surface area (Å²) < 4.78 is 103. The van der Waals surface area contributed by atoms with E-state index in [-0.39, 0.29) is 11.1 Å². The van der Waals surface area contributed by atoms with Crippen molar-refractivity contribution < 1.29 is 26.3 Å². The van der Waals surface area contributed by atoms with Gasteiger partial charge in [0, 0.05) is 55.1 Å². The van der Waals surface area contributed by atoms with Crippen molar-refractivity contribution in [2.24, 2.45) is 0 Å². The third-order valence-corrected chi connectivity index (χ3v) is 13.5. The molecule has 8 aromatic carbocycles. The molecular formula is C55H32F6N4. The fraction of sp³-hybridized carbons (Fsp3) is 0.0545. The molecule has 314 valence electrons. The van der Waals surface area contributed by atoms with Crippen LogP contribution in [0.25, 0.3) is 99.6 Å². The smallest absolute Gasteiger partial charge is 0.295 e. The maximum absolute atomic E-state index is 15.8. The van der Waals surface area contributed by atoms with Crippen LogP contribution in [0.3, 0.4) is 0 Å². The van der Waals surface area contributed by atoms with Gasteiger partial charge in [-0.15, -0.1) is 0 Å². The van der Waals surface area contributed by atoms with Crippen molar-refractivity contribution in [3.8, 4) is 33.9 Å². The van der Waals surface area contributed by atoms with E-state index in [0.29, 0.717) is 11.4 Å². The first kappa shape index (κ1) is 37.6. The van der Waals surface area contributed by atoms with Crippen molar-refractivity contribution in [2.45, 2.75) is 17.8 Å². The van der Waals surface area contributed by atoms with E-state index in [1.54, 1.807) is 0 Å². The van der Waals surface area contributed by atoms with Gasteiger partial charge in [0.2, 0.25) is 5.41 Å². The highest BCUT2D eigenvalue weighted by Gasteiger charge is 2.75. The molecule has 12 aromatic rings. The average Bonchev–Trinajstić information content (AvgIpc) is 4.09. The minimum Gasteiger partial charge on any atom is -0.295 e. The normalized spacial score (nSPS) is 13.8. The van der Waals surface area contributed by atoms with Gasteiger partial charge in [-0.05, 0) is 95.1 Å². The van der Waals surface area contributed by atoms with E-state index in [0.717, 1.165) is 89.2 Å². The summed E-state index contributed by atoms with van der Waals surface area (Å²) in [5.41, 5.74) is 1.06. The molecule has 65 heavy (non-hydrogen) atoms. The molecular weight excluding hydrogens is 831 g/mol. The van der Waals surface area contributed by atoms with Gasteiger partial charge in [0.1, 0.15) is 11.3 Å². The van der Waals surface area contributed by atoms with E-state index >= 15 is 26.3 Å². The topological polar surface area (TPSA) is 19.7 Å². The quantitative estimate of drug-likeness (QED) is 0.157. The molecule has 4 aromatic heterocycles. The van der Waals surface area contributed by atoms with Gasteiger partial charge in [-0.3, -0.25) is 18.3 Å². The summed E-state index contributed by atoms with van der Waals surface area (Å²) in [6, 6.07) is 58.8. The van der Waals surface area contributed by atoms with Crippen molar-refractivity contribution in [1.82, 2.24) is 18.3 Å². The van der Waals surface area contributed by atoms with Crippen LogP contribution in [0, 0.1) is 0 Å². The Morgan fingerprint density at radius 3 is 0.923 bits per heavy atom. The van der Waals surface area contributed by atoms with Crippen LogP contribution in [-0.2, 0) is 5.41 Å². The fourth-order valence-corrected chi connectivity index (χ4v) is 11.0. The summed E-state index contributed by atoms with van der Waals surface area (Å²) in [5.74, 6) is 0. The van der Waals surface area contributed by atoms with Crippen LogP contribution < -0.4 is 0 Å². The van der Waals surface area contributed by atoms with Crippen molar-refractivity contribution in [2.75, 3.05) is 0 Å². The third-order valence-electron chi connectivity index (χ3n) is 13.5. The molecule has 1 aliphatic rings. The first-order chi connectivity index (χ1) is 31.6. The molecule has 0 saturated heterocycles. The Morgan fingerprint density at radius 1 is 0.308 bits per heavy atom. The van der Waals surface area contributed by atoms with E-state index in [1.165, 1.54) is 24.3 Å². The molecule has 4 nitrogen and oxygen atoms in total. The number of para-hydroxylation sites is 6. The van der Waals surface area contributed by atoms with Crippen molar-refractivity contribution in [3.63, 3.8) is 0 Å². The van der Waals surface area contributed by atoms with E-state index < -0.39 is 28.9 Å². The van der Waals surface area contributed by atoms with Gasteiger partial charge in [0.25, 0.3) is 0 Å². The number of halogens is 6. The van der Waals surface area contributed by atoms with Crippen LogP contribution in [-0.4, -0.2) is 30.6 Å². The first-order valence-corrected chi connectivity index (χ1v) is 21.2. The Bertz CT molecular complexity index is 3660. The van der Waals surface area contributed by atoms with Crippen LogP contribution in [0.1, 0.15) is 11.1 Å². The summed E-state index contributed by atoms with van der Waals surface area (Å²) >= 11 is 0. The maximum atomic E-state index is 15.8. The van der Waals surface area contributed by atoms with Gasteiger partial charge >= 0.3 is 12.4 Å². The number of nitrogens with zero attached hydrogens (tertiary/aromatic N) is 4. The largest absolute Gasteiger partial charge is 0.411 e. The third kappa shape index (κ3) is 4.83. The second-order valence-corrected chi connectivity index (χ2v) is 16.7. The second kappa shape index (κ2) is 13.0. The zero-order chi connectivity index (χ0) is 44.0. The Morgan fingerprint density at radius 2 is 0.600 bits per heavy atom. The summed E-state index contributed by atoms with van der Waals surface area (Å²) in [6.45, 7) is 0. The molecule has 13 rings (SSSR count). The lowest BCUT2D eigenvalue weighted by atomic mass is 9.76. The minimum atomic E-state index is -5.74. The number of rotatable bonds is 4. The molecule has 0 saturated carbocycles. The molecule has 1 aliphatic carbocycles. The van der Waals surface area contributed by atoms with Gasteiger partial charge in [-0.2, -0.15) is 26.3 Å². The van der Waals surface area contributed by atoms with Crippen LogP contribution in [0.5, 0.6) is 0 Å². The van der Waals surface area contributed by atoms with E-state index in [9.17, 15) is 0 Å². The first-order valence-electron chi connectivity index (χ1n) is 21.2. The van der Waals surface area contributed by atoms with Crippen LogP contribution in [0.4, 0.5) is 26.3 Å². The van der Waals surface area contributed by atoms with Gasteiger partial charge in [-0.25, -0.2) is 0 Å². The summed E-state index contributed by atoms with van der Waals surface area (Å²) in [5, 5.41) is 5.55. The number of benzene rings is 8. The predicted octanol–water partition coefficient (Wildman–Crippen LogP) is 15.2. The molecule has 0 radical (unpaired) electrons. The lowest BCUT2D eigenvalue weighted by Gasteiger charge is -2.36. The minimum absolute atomic E-state index is 0.140. The van der Waals surface area contributed by atoms with E-state index in [1.807, 2.05) is 167 Å². The van der Waals surface area contributed by atoms with Crippen LogP contribution >= 0.6 is 0 Å². The number of hydrogen-bond donors (Lipinski definition) is 0. The second-order valence-electron chi connectivity index (χ2n) is 16.7. The average molecular weight is 863 g/mol. The Kier molecular flexibility index (Phi) is 7.54. The molecule has 0 N–H and O–H groups in total. The molecule has 0 unspecified atom stereocenters. The highest BCUT2D eigenvalue weighted by molar-refractivity contribution is 6.23. The lowest BCUT2D eigenvalue weighted by Crippen LogP contribution is -2.53. The van der Waals surface area contributed by atoms with Gasteiger partial charge in [0.15, 0.2) is 0 Å². The van der Waals surface area contributed by atoms with Crippen molar-refractivity contribution in [1.29, 1.82) is 0 Å². The van der Waals surface area contributed by atoms with Gasteiger partial charge in [-0.1, -0.05) is 121 Å². The van der Waals surface area contributed by atoms with Crippen LogP contribution in [0.2, 0.25) is 0 Å². The van der Waals surface area contributed by atoms with Gasteiger partial charge in [0.05, 0.1) is 22.1 Å². The monoisotopic (exact) mass is 862 g/mol. The molecule has 4 heterocycles. The summed E-state index contributed by atoms with van der Waals surface area (Å²) in [4.78, 5) is 0. The molecule has 0 amide bonds. The maximum Gasteiger partial charge on any atom is 0.411 e. The van der Waals surface area contributed by atoms with Crippen LogP contribution in [0.15, 0.2) is 194 Å². The lowest BCUT2D eigenvalue weighted by molar-refractivity contribution is -0.287. The number of alkyl halides is 6. The van der Waals surface area contributed by atoms with Gasteiger partial charge < -0.3 is 0 Å². The Labute approximate surface area is 366 Å². The molecule has 0 aliphatic heterocycles. The molecule has 0 spiro atoms. The SMILES string of the molecule is FC(F)(F)C1(C(F)(F)F)c2ccc(-n3c4ccccc4c4c5ccccc5n(-c5ccccc5)c43)cc2-c2cc(-n3c4ccccc4c4c5ccccc5n(-c5ccccc5)c43)ccc21. The van der Waals surface area contributed by atoms with Crippen molar-refractivity contribution in [3.05, 3.63) is 205 Å². The predicted molar refractivity (Wildman–Crippen MR) is 247 cm³/mol. The fourth-order valence-electron chi connectivity index (χ4n) is 11.0.